The SMILES string of the molecule is CN(C)CCNC(=O)c1ccc2c(=O)n(C(CC3CCCCC3)C(=O)Nc3ncc(Cl)s3)c(=O)[nH]c2c1. The number of H-pyrrole nitrogens is 1. The van der Waals surface area contributed by atoms with E-state index in [4.69, 9.17) is 11.6 Å². The van der Waals surface area contributed by atoms with Crippen LogP contribution in [0.4, 0.5) is 5.13 Å². The molecule has 1 aliphatic rings. The normalized spacial score (nSPS) is 15.1. The zero-order valence-electron chi connectivity index (χ0n) is 20.9. The second-order valence-corrected chi connectivity index (χ2v) is 11.3. The zero-order chi connectivity index (χ0) is 26.5. The van der Waals surface area contributed by atoms with Gasteiger partial charge in [0.05, 0.1) is 17.1 Å². The first-order chi connectivity index (χ1) is 17.7. The van der Waals surface area contributed by atoms with Gasteiger partial charge >= 0.3 is 5.69 Å². The average molecular weight is 547 g/mol. The lowest BCUT2D eigenvalue weighted by atomic mass is 9.84. The predicted octanol–water partition coefficient (Wildman–Crippen LogP) is 3.24. The van der Waals surface area contributed by atoms with Crippen LogP contribution >= 0.6 is 22.9 Å². The van der Waals surface area contributed by atoms with Crippen LogP contribution in [-0.2, 0) is 4.79 Å². The highest BCUT2D eigenvalue weighted by Gasteiger charge is 2.29. The Balaban J connectivity index is 1.67. The maximum atomic E-state index is 13.5. The highest BCUT2D eigenvalue weighted by molar-refractivity contribution is 7.19. The highest BCUT2D eigenvalue weighted by Crippen LogP contribution is 2.31. The Labute approximate surface area is 223 Å². The van der Waals surface area contributed by atoms with Gasteiger partial charge in [0, 0.05) is 18.7 Å². The van der Waals surface area contributed by atoms with Gasteiger partial charge in [-0.25, -0.2) is 14.3 Å². The molecule has 1 fully saturated rings. The van der Waals surface area contributed by atoms with Crippen LogP contribution in [0.2, 0.25) is 4.34 Å². The summed E-state index contributed by atoms with van der Waals surface area (Å²) >= 11 is 7.06. The van der Waals surface area contributed by atoms with Crippen molar-refractivity contribution < 1.29 is 9.59 Å². The Kier molecular flexibility index (Phi) is 8.78. The number of benzene rings is 1. The van der Waals surface area contributed by atoms with Gasteiger partial charge in [0.15, 0.2) is 5.13 Å². The summed E-state index contributed by atoms with van der Waals surface area (Å²) < 4.78 is 1.42. The molecule has 1 saturated carbocycles. The van der Waals surface area contributed by atoms with Crippen LogP contribution in [-0.4, -0.2) is 58.4 Å². The third-order valence-corrected chi connectivity index (χ3v) is 7.67. The number of fused-ring (bicyclic) bond motifs is 1. The number of rotatable bonds is 9. The van der Waals surface area contributed by atoms with Crippen molar-refractivity contribution >= 4 is 50.8 Å². The molecule has 10 nitrogen and oxygen atoms in total. The van der Waals surface area contributed by atoms with E-state index in [1.54, 1.807) is 6.07 Å². The number of aromatic amines is 1. The van der Waals surface area contributed by atoms with Gasteiger partial charge in [-0.3, -0.25) is 14.4 Å². The fraction of sp³-hybridized carbons (Fsp3) is 0.480. The zero-order valence-corrected chi connectivity index (χ0v) is 22.5. The minimum Gasteiger partial charge on any atom is -0.351 e. The van der Waals surface area contributed by atoms with Gasteiger partial charge in [0.2, 0.25) is 5.91 Å². The molecule has 3 aromatic rings. The minimum absolute atomic E-state index is 0.222. The summed E-state index contributed by atoms with van der Waals surface area (Å²) in [5, 5.41) is 6.07. The highest BCUT2D eigenvalue weighted by atomic mass is 35.5. The molecule has 2 aromatic heterocycles. The van der Waals surface area contributed by atoms with Crippen molar-refractivity contribution in [2.45, 2.75) is 44.6 Å². The number of nitrogens with zero attached hydrogens (tertiary/aromatic N) is 3. The lowest BCUT2D eigenvalue weighted by Crippen LogP contribution is -2.43. The third kappa shape index (κ3) is 6.65. The van der Waals surface area contributed by atoms with Crippen LogP contribution in [0.15, 0.2) is 34.0 Å². The topological polar surface area (TPSA) is 129 Å². The number of amides is 2. The van der Waals surface area contributed by atoms with Crippen LogP contribution in [0.1, 0.15) is 54.9 Å². The number of nitrogens with one attached hydrogen (secondary N) is 3. The number of carbonyl (C=O) groups is 2. The summed E-state index contributed by atoms with van der Waals surface area (Å²) in [4.78, 5) is 61.4. The molecule has 198 valence electrons. The van der Waals surface area contributed by atoms with E-state index in [1.807, 2.05) is 19.0 Å². The molecule has 0 aliphatic heterocycles. The van der Waals surface area contributed by atoms with Crippen molar-refractivity contribution in [2.24, 2.45) is 5.92 Å². The van der Waals surface area contributed by atoms with Gasteiger partial charge in [-0.1, -0.05) is 55.0 Å². The van der Waals surface area contributed by atoms with E-state index >= 15 is 0 Å². The van der Waals surface area contributed by atoms with E-state index in [0.717, 1.165) is 48.0 Å². The number of carbonyl (C=O) groups excluding carboxylic acids is 2. The minimum atomic E-state index is -1.01. The van der Waals surface area contributed by atoms with Gasteiger partial charge in [-0.2, -0.15) is 0 Å². The summed E-state index contributed by atoms with van der Waals surface area (Å²) in [6, 6.07) is 3.54. The molecule has 1 atom stereocenters. The van der Waals surface area contributed by atoms with E-state index in [1.165, 1.54) is 18.3 Å². The Bertz CT molecular complexity index is 1390. The van der Waals surface area contributed by atoms with Crippen molar-refractivity contribution in [1.82, 2.24) is 24.8 Å². The van der Waals surface area contributed by atoms with Crippen molar-refractivity contribution in [3.63, 3.8) is 0 Å². The van der Waals surface area contributed by atoms with Crippen molar-refractivity contribution in [3.8, 4) is 0 Å². The van der Waals surface area contributed by atoms with Gasteiger partial charge in [0.1, 0.15) is 10.4 Å². The van der Waals surface area contributed by atoms with E-state index in [9.17, 15) is 19.2 Å². The fourth-order valence-corrected chi connectivity index (χ4v) is 5.54. The number of likely N-dealkylation sites (N-methyl/N-ethyl adjacent to an activating group) is 1. The first-order valence-electron chi connectivity index (χ1n) is 12.4. The summed E-state index contributed by atoms with van der Waals surface area (Å²) in [6.07, 6.45) is 6.95. The number of halogens is 1. The van der Waals surface area contributed by atoms with Crippen LogP contribution < -0.4 is 21.9 Å². The Morgan fingerprint density at radius 3 is 2.68 bits per heavy atom. The fourth-order valence-electron chi connectivity index (χ4n) is 4.72. The van der Waals surface area contributed by atoms with Gasteiger partial charge in [-0.05, 0) is 44.6 Å². The maximum Gasteiger partial charge on any atom is 0.329 e. The molecule has 0 spiro atoms. The Hall–Kier alpha value is -3.02. The smallest absolute Gasteiger partial charge is 0.329 e. The van der Waals surface area contributed by atoms with Crippen molar-refractivity contribution in [1.29, 1.82) is 0 Å². The summed E-state index contributed by atoms with van der Waals surface area (Å²) in [7, 11) is 3.82. The quantitative estimate of drug-likeness (QED) is 0.378. The molecule has 2 heterocycles. The molecule has 4 rings (SSSR count). The maximum absolute atomic E-state index is 13.5. The molecule has 37 heavy (non-hydrogen) atoms. The third-order valence-electron chi connectivity index (χ3n) is 6.64. The number of hydrogen-bond donors (Lipinski definition) is 3. The number of aromatic nitrogens is 3. The molecule has 0 radical (unpaired) electrons. The van der Waals surface area contributed by atoms with Crippen LogP contribution in [0, 0.1) is 5.92 Å². The first-order valence-corrected chi connectivity index (χ1v) is 13.6. The summed E-state index contributed by atoms with van der Waals surface area (Å²) in [5.41, 5.74) is -0.700. The van der Waals surface area contributed by atoms with Gasteiger partial charge in [-0.15, -0.1) is 0 Å². The van der Waals surface area contributed by atoms with Crippen molar-refractivity contribution in [2.75, 3.05) is 32.5 Å². The van der Waals surface area contributed by atoms with E-state index in [2.05, 4.69) is 20.6 Å². The molecule has 1 aliphatic carbocycles. The van der Waals surface area contributed by atoms with Crippen LogP contribution in [0.5, 0.6) is 0 Å². The van der Waals surface area contributed by atoms with E-state index in [-0.39, 0.29) is 22.7 Å². The molecular weight excluding hydrogens is 516 g/mol. The van der Waals surface area contributed by atoms with Crippen LogP contribution in [0.25, 0.3) is 10.9 Å². The molecular formula is C25H31ClN6O4S. The molecule has 0 saturated heterocycles. The van der Waals surface area contributed by atoms with E-state index in [0.29, 0.717) is 34.5 Å². The van der Waals surface area contributed by atoms with E-state index < -0.39 is 23.2 Å². The number of anilines is 1. The lowest BCUT2D eigenvalue weighted by Gasteiger charge is -2.26. The number of hydrogen-bond acceptors (Lipinski definition) is 7. The lowest BCUT2D eigenvalue weighted by molar-refractivity contribution is -0.120. The summed E-state index contributed by atoms with van der Waals surface area (Å²) in [5.74, 6) is -0.564. The molecule has 2 amide bonds. The predicted molar refractivity (Wildman–Crippen MR) is 146 cm³/mol. The largest absolute Gasteiger partial charge is 0.351 e. The Morgan fingerprint density at radius 1 is 1.24 bits per heavy atom. The monoisotopic (exact) mass is 546 g/mol. The molecule has 1 unspecified atom stereocenters. The van der Waals surface area contributed by atoms with Crippen molar-refractivity contribution in [3.05, 3.63) is 55.1 Å². The molecule has 12 heteroatoms. The second-order valence-electron chi connectivity index (χ2n) is 9.64. The van der Waals surface area contributed by atoms with Gasteiger partial charge < -0.3 is 20.5 Å². The molecule has 0 bridgehead atoms. The Morgan fingerprint density at radius 2 is 2.00 bits per heavy atom. The van der Waals surface area contributed by atoms with Gasteiger partial charge in [0.25, 0.3) is 11.5 Å². The molecule has 3 N–H and O–H groups in total. The average Bonchev–Trinajstić information content (AvgIpc) is 3.27. The summed E-state index contributed by atoms with van der Waals surface area (Å²) in [6.45, 7) is 1.14. The number of thiazole rings is 1. The molecule has 1 aromatic carbocycles. The standard InChI is InChI=1S/C25H31ClN6O4S/c1-31(2)11-10-27-21(33)16-8-9-17-18(13-16)29-25(36)32(23(17)35)19(12-15-6-4-3-5-7-15)22(34)30-24-28-14-20(26)37-24/h8-9,13-15,19H,3-7,10-12H2,1-2H3,(H,27,33)(H,29,36)(H,28,30,34). The first kappa shape index (κ1) is 27.0. The van der Waals surface area contributed by atoms with Crippen LogP contribution in [0.3, 0.4) is 0 Å². The second kappa shape index (κ2) is 12.0.